The third-order valence-corrected chi connectivity index (χ3v) is 4.68. The number of halogens is 1. The van der Waals surface area contributed by atoms with E-state index >= 15 is 0 Å². The summed E-state index contributed by atoms with van der Waals surface area (Å²) in [4.78, 5) is 31.7. The minimum atomic E-state index is -0.617. The predicted octanol–water partition coefficient (Wildman–Crippen LogP) is 2.00. The van der Waals surface area contributed by atoms with Gasteiger partial charge in [0.25, 0.3) is 11.5 Å². The second kappa shape index (κ2) is 5.62. The van der Waals surface area contributed by atoms with Crippen molar-refractivity contribution in [2.24, 2.45) is 0 Å². The molecule has 9 heteroatoms. The highest BCUT2D eigenvalue weighted by Gasteiger charge is 2.34. The van der Waals surface area contributed by atoms with Crippen molar-refractivity contribution in [3.63, 3.8) is 0 Å². The van der Waals surface area contributed by atoms with Gasteiger partial charge in [-0.1, -0.05) is 11.8 Å². The summed E-state index contributed by atoms with van der Waals surface area (Å²) in [6.07, 6.45) is 1.88. The third kappa shape index (κ3) is 2.47. The van der Waals surface area contributed by atoms with Crippen LogP contribution in [0.4, 0.5) is 15.9 Å². The second-order valence-electron chi connectivity index (χ2n) is 5.58. The van der Waals surface area contributed by atoms with Crippen LogP contribution in [0.25, 0.3) is 11.3 Å². The summed E-state index contributed by atoms with van der Waals surface area (Å²) in [5.74, 6) is -0.755. The number of nitrogens with one attached hydrogen (secondary N) is 3. The Morgan fingerprint density at radius 1 is 1.44 bits per heavy atom. The number of anilines is 2. The van der Waals surface area contributed by atoms with Gasteiger partial charge >= 0.3 is 0 Å². The van der Waals surface area contributed by atoms with Crippen molar-refractivity contribution in [2.45, 2.75) is 11.7 Å². The van der Waals surface area contributed by atoms with Crippen molar-refractivity contribution in [1.29, 1.82) is 0 Å². The monoisotopic (exact) mass is 359 g/mol. The van der Waals surface area contributed by atoms with Crippen LogP contribution in [0.1, 0.15) is 16.1 Å². The minimum absolute atomic E-state index is 0.0796. The zero-order valence-electron chi connectivity index (χ0n) is 13.4. The zero-order valence-corrected chi connectivity index (χ0v) is 14.3. The number of hydrogen-bond acceptors (Lipinski definition) is 5. The van der Waals surface area contributed by atoms with Crippen LogP contribution in [0.2, 0.25) is 0 Å². The summed E-state index contributed by atoms with van der Waals surface area (Å²) < 4.78 is 15.5. The lowest BCUT2D eigenvalue weighted by atomic mass is 10.1. The highest BCUT2D eigenvalue weighted by Crippen LogP contribution is 2.37. The number of benzene rings is 1. The van der Waals surface area contributed by atoms with Gasteiger partial charge in [0.2, 0.25) is 0 Å². The lowest BCUT2D eigenvalue weighted by Crippen LogP contribution is -2.19. The van der Waals surface area contributed by atoms with Gasteiger partial charge in [0.05, 0.1) is 23.5 Å². The molecule has 0 atom stereocenters. The molecule has 1 aromatic rings. The Kier molecular flexibility index (Phi) is 3.53. The van der Waals surface area contributed by atoms with E-state index in [0.29, 0.717) is 28.8 Å². The molecule has 128 valence electrons. The summed E-state index contributed by atoms with van der Waals surface area (Å²) in [7, 11) is 1.44. The normalized spacial score (nSPS) is 12.1. The molecule has 1 aromatic carbocycles. The molecular weight excluding hydrogens is 345 g/mol. The molecule has 3 N–H and O–H groups in total. The zero-order chi connectivity index (χ0) is 17.7. The number of H-pyrrole nitrogens is 1. The number of carbonyl (C=O) groups is 1. The van der Waals surface area contributed by atoms with Gasteiger partial charge in [0.15, 0.2) is 5.16 Å². The van der Waals surface area contributed by atoms with E-state index in [1.165, 1.54) is 37.0 Å². The van der Waals surface area contributed by atoms with Crippen molar-refractivity contribution < 1.29 is 9.18 Å². The number of fused-ring (bicyclic) bond motifs is 3. The van der Waals surface area contributed by atoms with Gasteiger partial charge < -0.3 is 20.2 Å². The van der Waals surface area contributed by atoms with Crippen LogP contribution in [0.5, 0.6) is 0 Å². The minimum Gasteiger partial charge on any atom is -0.355 e. The fourth-order valence-corrected chi connectivity index (χ4v) is 3.18. The number of rotatable bonds is 4. The van der Waals surface area contributed by atoms with Crippen LogP contribution in [0, 0.1) is 5.82 Å². The van der Waals surface area contributed by atoms with Crippen LogP contribution >= 0.6 is 11.8 Å². The first-order valence-corrected chi connectivity index (χ1v) is 8.74. The average Bonchev–Trinajstić information content (AvgIpc) is 3.37. The van der Waals surface area contributed by atoms with Crippen molar-refractivity contribution in [3.8, 4) is 11.3 Å². The fraction of sp³-hybridized carbons (Fsp3) is 0.188. The van der Waals surface area contributed by atoms with Gasteiger partial charge in [0.1, 0.15) is 17.2 Å². The molecular formula is C16H14FN5O2S. The van der Waals surface area contributed by atoms with Crippen molar-refractivity contribution in [2.75, 3.05) is 18.6 Å². The molecule has 1 amide bonds. The SMILES string of the molecule is CNC(=O)c1cc(Nc2nc(SC)[nH]c3c4n(c(=O)c2-3)C4)ccc1F. The smallest absolute Gasteiger partial charge is 0.264 e. The Hall–Kier alpha value is -2.81. The van der Waals surface area contributed by atoms with E-state index in [1.54, 1.807) is 4.57 Å². The predicted molar refractivity (Wildman–Crippen MR) is 93.4 cm³/mol. The molecule has 0 saturated heterocycles. The van der Waals surface area contributed by atoms with Crippen LogP contribution in [-0.4, -0.2) is 33.7 Å². The molecule has 0 aliphatic carbocycles. The van der Waals surface area contributed by atoms with E-state index < -0.39 is 11.7 Å². The molecule has 0 spiro atoms. The molecule has 3 aliphatic rings. The Morgan fingerprint density at radius 2 is 2.24 bits per heavy atom. The Labute approximate surface area is 146 Å². The number of aromatic nitrogens is 3. The first-order chi connectivity index (χ1) is 12.0. The third-order valence-electron chi connectivity index (χ3n) is 4.10. The maximum Gasteiger partial charge on any atom is 0.264 e. The molecule has 25 heavy (non-hydrogen) atoms. The Balaban J connectivity index is 1.79. The maximum absolute atomic E-state index is 13.8. The quantitative estimate of drug-likeness (QED) is 0.383. The summed E-state index contributed by atoms with van der Waals surface area (Å²) in [6.45, 7) is 0.636. The van der Waals surface area contributed by atoms with E-state index in [0.717, 1.165) is 11.4 Å². The van der Waals surface area contributed by atoms with Crippen molar-refractivity contribution >= 4 is 29.2 Å². The van der Waals surface area contributed by atoms with E-state index in [2.05, 4.69) is 20.6 Å². The van der Waals surface area contributed by atoms with Crippen LogP contribution in [0.15, 0.2) is 28.2 Å². The summed E-state index contributed by atoms with van der Waals surface area (Å²) in [5.41, 5.74) is 2.46. The number of thioether (sulfide) groups is 1. The summed E-state index contributed by atoms with van der Waals surface area (Å²) >= 11 is 1.42. The summed E-state index contributed by atoms with van der Waals surface area (Å²) in [5, 5.41) is 6.10. The second-order valence-corrected chi connectivity index (χ2v) is 6.38. The number of aromatic amines is 1. The van der Waals surface area contributed by atoms with E-state index in [9.17, 15) is 14.0 Å². The topological polar surface area (TPSA) is 91.8 Å². The van der Waals surface area contributed by atoms with Gasteiger partial charge in [-0.2, -0.15) is 0 Å². The van der Waals surface area contributed by atoms with Crippen LogP contribution in [0.3, 0.4) is 0 Å². The Morgan fingerprint density at radius 3 is 2.96 bits per heavy atom. The van der Waals surface area contributed by atoms with Gasteiger partial charge in [-0.25, -0.2) is 9.37 Å². The molecule has 0 unspecified atom stereocenters. The first-order valence-electron chi connectivity index (χ1n) is 7.51. The lowest BCUT2D eigenvalue weighted by Gasteiger charge is -2.13. The van der Waals surface area contributed by atoms with Gasteiger partial charge in [-0.15, -0.1) is 0 Å². The van der Waals surface area contributed by atoms with Crippen molar-refractivity contribution in [1.82, 2.24) is 19.9 Å². The molecule has 7 nitrogen and oxygen atoms in total. The van der Waals surface area contributed by atoms with Crippen LogP contribution in [-0.2, 0) is 6.54 Å². The average molecular weight is 359 g/mol. The molecule has 0 fully saturated rings. The maximum atomic E-state index is 13.8. The van der Waals surface area contributed by atoms with Crippen molar-refractivity contribution in [3.05, 3.63) is 45.6 Å². The highest BCUT2D eigenvalue weighted by atomic mass is 32.2. The lowest BCUT2D eigenvalue weighted by molar-refractivity contribution is 0.0959. The standard InChI is InChI=1S/C16H14FN5O2S/c1-18-14(23)8-5-7(3-4-9(8)17)19-13-11-12(20-16(21-13)25-2)10-6-22(10)15(11)24/h3-5,19H,6H2,1-2H3,(H,18,23)(H,20,21). The van der Waals surface area contributed by atoms with E-state index in [1.807, 2.05) is 6.26 Å². The molecule has 3 aliphatic heterocycles. The fourth-order valence-electron chi connectivity index (χ4n) is 2.79. The van der Waals surface area contributed by atoms with E-state index in [4.69, 9.17) is 0 Å². The van der Waals surface area contributed by atoms with Gasteiger partial charge in [0, 0.05) is 12.7 Å². The molecule has 0 radical (unpaired) electrons. The summed E-state index contributed by atoms with van der Waals surface area (Å²) in [6, 6.07) is 4.10. The Bertz CT molecular complexity index is 1040. The van der Waals surface area contributed by atoms with Gasteiger partial charge in [-0.3, -0.25) is 9.59 Å². The molecule has 4 rings (SSSR count). The molecule has 0 saturated carbocycles. The number of amides is 1. The van der Waals surface area contributed by atoms with E-state index in [-0.39, 0.29) is 11.1 Å². The van der Waals surface area contributed by atoms with Gasteiger partial charge in [-0.05, 0) is 24.5 Å². The first kappa shape index (κ1) is 15.7. The van der Waals surface area contributed by atoms with Crippen LogP contribution < -0.4 is 16.2 Å². The largest absolute Gasteiger partial charge is 0.355 e. The number of hydrogen-bond donors (Lipinski definition) is 3. The number of carbonyl (C=O) groups excluding carboxylic acids is 1. The molecule has 0 aromatic heterocycles. The number of nitrogens with zero attached hydrogens (tertiary/aromatic N) is 2. The highest BCUT2D eigenvalue weighted by molar-refractivity contribution is 7.98. The molecule has 3 heterocycles. The molecule has 0 bridgehead atoms.